The molecule has 2 N–H and O–H groups in total. The highest BCUT2D eigenvalue weighted by Gasteiger charge is 2.35. The standard InChI is InChI=1S/C36H51N3O5/c1-8-44-36(43)26(6)22-32(24(2)3)38(7)35(42)30(37-34(41)31-16-12-13-21-39(31)25(4)5)23-27-17-19-29(20-18-27)33(40)28-14-10-9-11-15-28/h9-11,14-15,17-20,22,24-25,30-33,40H,8,12-13,16,21,23H2,1-7H3,(H,37,41)/b26-22+/t30?,31?,32-,33?/m1/s1. The van der Waals surface area contributed by atoms with Crippen molar-refractivity contribution in [2.24, 2.45) is 5.92 Å². The number of likely N-dealkylation sites (N-methyl/N-ethyl adjacent to an activating group) is 1. The Bertz CT molecular complexity index is 1260. The van der Waals surface area contributed by atoms with Crippen molar-refractivity contribution in [1.29, 1.82) is 0 Å². The number of likely N-dealkylation sites (tertiary alicyclic amines) is 1. The van der Waals surface area contributed by atoms with Gasteiger partial charge in [0.15, 0.2) is 0 Å². The summed E-state index contributed by atoms with van der Waals surface area (Å²) in [5, 5.41) is 14.0. The lowest BCUT2D eigenvalue weighted by Crippen LogP contribution is -2.58. The molecular formula is C36H51N3O5. The van der Waals surface area contributed by atoms with Gasteiger partial charge in [-0.15, -0.1) is 0 Å². The molecule has 1 saturated heterocycles. The molecule has 240 valence electrons. The third-order valence-electron chi connectivity index (χ3n) is 8.47. The van der Waals surface area contributed by atoms with E-state index in [1.54, 1.807) is 31.9 Å². The molecule has 0 bridgehead atoms. The molecule has 0 aliphatic carbocycles. The minimum Gasteiger partial charge on any atom is -0.463 e. The highest BCUT2D eigenvalue weighted by molar-refractivity contribution is 5.91. The first-order valence-corrected chi connectivity index (χ1v) is 15.9. The molecular weight excluding hydrogens is 554 g/mol. The number of hydrogen-bond acceptors (Lipinski definition) is 6. The molecule has 0 radical (unpaired) electrons. The van der Waals surface area contributed by atoms with Crippen molar-refractivity contribution in [3.8, 4) is 0 Å². The summed E-state index contributed by atoms with van der Waals surface area (Å²) in [6, 6.07) is 15.7. The molecule has 2 aromatic carbocycles. The van der Waals surface area contributed by atoms with Crippen molar-refractivity contribution >= 4 is 17.8 Å². The smallest absolute Gasteiger partial charge is 0.333 e. The molecule has 2 amide bonds. The number of nitrogens with one attached hydrogen (secondary N) is 1. The van der Waals surface area contributed by atoms with Gasteiger partial charge in [-0.05, 0) is 69.7 Å². The van der Waals surface area contributed by atoms with Crippen LogP contribution >= 0.6 is 0 Å². The van der Waals surface area contributed by atoms with Gasteiger partial charge in [0, 0.05) is 25.1 Å². The van der Waals surface area contributed by atoms with Crippen molar-refractivity contribution in [3.05, 3.63) is 82.9 Å². The Morgan fingerprint density at radius 1 is 1.02 bits per heavy atom. The van der Waals surface area contributed by atoms with E-state index in [4.69, 9.17) is 4.74 Å². The summed E-state index contributed by atoms with van der Waals surface area (Å²) in [4.78, 5) is 44.1. The van der Waals surface area contributed by atoms with Gasteiger partial charge in [0.05, 0.1) is 18.7 Å². The summed E-state index contributed by atoms with van der Waals surface area (Å²) in [6.07, 6.45) is 4.08. The van der Waals surface area contributed by atoms with E-state index in [9.17, 15) is 19.5 Å². The van der Waals surface area contributed by atoms with Crippen LogP contribution in [0.5, 0.6) is 0 Å². The van der Waals surface area contributed by atoms with E-state index in [-0.39, 0.29) is 48.9 Å². The van der Waals surface area contributed by atoms with Crippen LogP contribution < -0.4 is 5.32 Å². The average Bonchev–Trinajstić information content (AvgIpc) is 3.02. The lowest BCUT2D eigenvalue weighted by molar-refractivity contribution is -0.139. The number of nitrogens with zero attached hydrogens (tertiary/aromatic N) is 2. The molecule has 3 rings (SSSR count). The zero-order chi connectivity index (χ0) is 32.4. The summed E-state index contributed by atoms with van der Waals surface area (Å²) in [7, 11) is 1.72. The molecule has 8 nitrogen and oxygen atoms in total. The third-order valence-corrected chi connectivity index (χ3v) is 8.47. The van der Waals surface area contributed by atoms with Crippen molar-refractivity contribution in [2.45, 2.75) is 97.5 Å². The van der Waals surface area contributed by atoms with Crippen LogP contribution in [0, 0.1) is 5.92 Å². The number of esters is 1. The summed E-state index contributed by atoms with van der Waals surface area (Å²) >= 11 is 0. The Morgan fingerprint density at radius 3 is 2.25 bits per heavy atom. The fourth-order valence-electron chi connectivity index (χ4n) is 5.93. The number of aliphatic hydroxyl groups is 1. The Hall–Kier alpha value is -3.49. The topological polar surface area (TPSA) is 99.2 Å². The second kappa shape index (κ2) is 16.5. The molecule has 2 aromatic rings. The lowest BCUT2D eigenvalue weighted by Gasteiger charge is -2.39. The van der Waals surface area contributed by atoms with Crippen LogP contribution in [0.25, 0.3) is 0 Å². The molecule has 44 heavy (non-hydrogen) atoms. The van der Waals surface area contributed by atoms with Gasteiger partial charge < -0.3 is 20.1 Å². The Labute approximate surface area is 263 Å². The molecule has 4 atom stereocenters. The zero-order valence-corrected chi connectivity index (χ0v) is 27.5. The van der Waals surface area contributed by atoms with Gasteiger partial charge in [0.25, 0.3) is 0 Å². The van der Waals surface area contributed by atoms with Crippen LogP contribution in [-0.4, -0.2) is 77.1 Å². The van der Waals surface area contributed by atoms with Gasteiger partial charge in [0.1, 0.15) is 12.1 Å². The van der Waals surface area contributed by atoms with Crippen LogP contribution in [0.3, 0.4) is 0 Å². The van der Waals surface area contributed by atoms with Gasteiger partial charge in [-0.2, -0.15) is 0 Å². The maximum atomic E-state index is 14.2. The van der Waals surface area contributed by atoms with Crippen LogP contribution in [0.2, 0.25) is 0 Å². The van der Waals surface area contributed by atoms with Gasteiger partial charge >= 0.3 is 5.97 Å². The predicted molar refractivity (Wildman–Crippen MR) is 174 cm³/mol. The van der Waals surface area contributed by atoms with E-state index in [1.165, 1.54) is 0 Å². The van der Waals surface area contributed by atoms with Gasteiger partial charge in [0.2, 0.25) is 11.8 Å². The first kappa shape index (κ1) is 35.0. The summed E-state index contributed by atoms with van der Waals surface area (Å²) in [6.45, 7) is 12.8. The molecule has 0 saturated carbocycles. The Balaban J connectivity index is 1.89. The van der Waals surface area contributed by atoms with Crippen molar-refractivity contribution in [1.82, 2.24) is 15.1 Å². The van der Waals surface area contributed by atoms with Crippen molar-refractivity contribution < 1.29 is 24.2 Å². The normalized spacial score (nSPS) is 18.0. The monoisotopic (exact) mass is 605 g/mol. The SMILES string of the molecule is CCOC(=O)/C(C)=C/[C@H](C(C)C)N(C)C(=O)C(Cc1ccc(C(O)c2ccccc2)cc1)NC(=O)C1CCCCN1C(C)C. The van der Waals surface area contributed by atoms with E-state index in [0.29, 0.717) is 5.57 Å². The zero-order valence-electron chi connectivity index (χ0n) is 27.5. The predicted octanol–water partition coefficient (Wildman–Crippen LogP) is 5.05. The number of benzene rings is 2. The summed E-state index contributed by atoms with van der Waals surface area (Å²) in [5.41, 5.74) is 2.85. The maximum absolute atomic E-state index is 14.2. The molecule has 0 aromatic heterocycles. The second-order valence-electron chi connectivity index (χ2n) is 12.4. The van der Waals surface area contributed by atoms with Crippen LogP contribution in [-0.2, 0) is 25.5 Å². The molecule has 0 spiro atoms. The molecule has 1 heterocycles. The number of rotatable bonds is 13. The summed E-state index contributed by atoms with van der Waals surface area (Å²) < 4.78 is 5.16. The lowest BCUT2D eigenvalue weighted by atomic mass is 9.95. The minimum absolute atomic E-state index is 0.0122. The van der Waals surface area contributed by atoms with Crippen LogP contribution in [0.15, 0.2) is 66.2 Å². The van der Waals surface area contributed by atoms with Gasteiger partial charge in [-0.25, -0.2) is 4.79 Å². The van der Waals surface area contributed by atoms with E-state index < -0.39 is 18.1 Å². The fraction of sp³-hybridized carbons (Fsp3) is 0.528. The first-order valence-electron chi connectivity index (χ1n) is 15.9. The Morgan fingerprint density at radius 2 is 1.66 bits per heavy atom. The summed E-state index contributed by atoms with van der Waals surface area (Å²) in [5.74, 6) is -0.767. The fourth-order valence-corrected chi connectivity index (χ4v) is 5.93. The molecule has 8 heteroatoms. The molecule has 1 fully saturated rings. The van der Waals surface area contributed by atoms with Crippen molar-refractivity contribution in [2.75, 3.05) is 20.2 Å². The highest BCUT2D eigenvalue weighted by atomic mass is 16.5. The Kier molecular flexibility index (Phi) is 13.2. The minimum atomic E-state index is -0.814. The largest absolute Gasteiger partial charge is 0.463 e. The second-order valence-corrected chi connectivity index (χ2v) is 12.4. The first-order chi connectivity index (χ1) is 20.9. The van der Waals surface area contributed by atoms with Gasteiger partial charge in [-0.3, -0.25) is 14.5 Å². The average molecular weight is 606 g/mol. The maximum Gasteiger partial charge on any atom is 0.333 e. The molecule has 3 unspecified atom stereocenters. The number of ether oxygens (including phenoxy) is 1. The quantitative estimate of drug-likeness (QED) is 0.245. The van der Waals surface area contributed by atoms with Crippen LogP contribution in [0.1, 0.15) is 83.6 Å². The van der Waals surface area contributed by atoms with E-state index in [0.717, 1.165) is 42.5 Å². The van der Waals surface area contributed by atoms with E-state index >= 15 is 0 Å². The number of hydrogen-bond donors (Lipinski definition) is 2. The number of piperidine rings is 1. The number of carbonyl (C=O) groups is 3. The highest BCUT2D eigenvalue weighted by Crippen LogP contribution is 2.24. The molecule has 1 aliphatic rings. The number of aliphatic hydroxyl groups excluding tert-OH is 1. The van der Waals surface area contributed by atoms with Gasteiger partial charge in [-0.1, -0.05) is 80.9 Å². The van der Waals surface area contributed by atoms with E-state index in [1.807, 2.05) is 68.4 Å². The third kappa shape index (κ3) is 9.26. The van der Waals surface area contributed by atoms with E-state index in [2.05, 4.69) is 24.1 Å². The molecule has 1 aliphatic heterocycles. The van der Waals surface area contributed by atoms with Crippen LogP contribution in [0.4, 0.5) is 0 Å². The number of carbonyl (C=O) groups excluding carboxylic acids is 3. The van der Waals surface area contributed by atoms with Crippen molar-refractivity contribution in [3.63, 3.8) is 0 Å². The number of amides is 2.